The fraction of sp³-hybridized carbons (Fsp3) is 1.00. The maximum absolute atomic E-state index is 13.8. The van der Waals surface area contributed by atoms with Gasteiger partial charge in [-0.25, -0.2) is 8.78 Å². The van der Waals surface area contributed by atoms with Crippen LogP contribution < -0.4 is 0 Å². The molecule has 0 aliphatic heterocycles. The molecule has 0 radical (unpaired) electrons. The molecular weight excluding hydrogens is 234 g/mol. The monoisotopic (exact) mass is 260 g/mol. The first-order valence-corrected chi connectivity index (χ1v) is 7.47. The van der Waals surface area contributed by atoms with E-state index in [9.17, 15) is 8.78 Å². The summed E-state index contributed by atoms with van der Waals surface area (Å²) < 4.78 is 33.1. The summed E-state index contributed by atoms with van der Waals surface area (Å²) in [6.45, 7) is 4.69. The van der Waals surface area contributed by atoms with Crippen LogP contribution in [-0.4, -0.2) is 25.1 Å². The van der Waals surface area contributed by atoms with Gasteiger partial charge in [-0.3, -0.25) is 0 Å². The molecule has 2 saturated carbocycles. The summed E-state index contributed by atoms with van der Waals surface area (Å²) in [4.78, 5) is 0. The average Bonchev–Trinajstić information content (AvgIpc) is 2.37. The second-order valence-corrected chi connectivity index (χ2v) is 6.44. The van der Waals surface area contributed by atoms with E-state index in [4.69, 9.17) is 4.74 Å². The minimum atomic E-state index is -1.42. The maximum atomic E-state index is 13.8. The van der Waals surface area contributed by atoms with Crippen molar-refractivity contribution in [2.45, 2.75) is 70.8 Å². The minimum Gasteiger partial charge on any atom is -0.375 e. The van der Waals surface area contributed by atoms with Crippen LogP contribution in [0, 0.1) is 17.8 Å². The van der Waals surface area contributed by atoms with E-state index >= 15 is 0 Å². The van der Waals surface area contributed by atoms with Crippen LogP contribution in [0.4, 0.5) is 8.78 Å². The lowest BCUT2D eigenvalue weighted by atomic mass is 9.83. The molecule has 0 aromatic carbocycles. The Labute approximate surface area is 109 Å². The molecule has 0 aromatic rings. The zero-order chi connectivity index (χ0) is 13.1. The van der Waals surface area contributed by atoms with Crippen LogP contribution in [0.3, 0.4) is 0 Å². The van der Waals surface area contributed by atoms with Gasteiger partial charge in [-0.05, 0) is 43.4 Å². The number of rotatable bonds is 3. The Hall–Kier alpha value is -0.180. The van der Waals surface area contributed by atoms with Crippen molar-refractivity contribution < 1.29 is 13.5 Å². The summed E-state index contributed by atoms with van der Waals surface area (Å²) in [7, 11) is 0. The highest BCUT2D eigenvalue weighted by Gasteiger charge is 2.39. The van der Waals surface area contributed by atoms with Crippen molar-refractivity contribution in [3.05, 3.63) is 0 Å². The molecule has 0 heterocycles. The van der Waals surface area contributed by atoms with Gasteiger partial charge in [-0.1, -0.05) is 26.7 Å². The summed E-state index contributed by atoms with van der Waals surface area (Å²) >= 11 is 0. The van der Waals surface area contributed by atoms with Gasteiger partial charge in [0.15, 0.2) is 6.17 Å². The van der Waals surface area contributed by atoms with Crippen LogP contribution in [0.15, 0.2) is 0 Å². The smallest absolute Gasteiger partial charge is 0.157 e. The van der Waals surface area contributed by atoms with Crippen molar-refractivity contribution in [3.8, 4) is 0 Å². The number of alkyl halides is 2. The van der Waals surface area contributed by atoms with Crippen molar-refractivity contribution in [2.24, 2.45) is 17.8 Å². The Balaban J connectivity index is 1.73. The third-order valence-electron chi connectivity index (χ3n) is 4.79. The fourth-order valence-corrected chi connectivity index (χ4v) is 3.20. The first-order chi connectivity index (χ1) is 8.58. The van der Waals surface area contributed by atoms with E-state index in [0.717, 1.165) is 12.3 Å². The van der Waals surface area contributed by atoms with Gasteiger partial charge >= 0.3 is 0 Å². The topological polar surface area (TPSA) is 9.23 Å². The minimum absolute atomic E-state index is 0.157. The molecule has 4 atom stereocenters. The van der Waals surface area contributed by atoms with Crippen molar-refractivity contribution in [2.75, 3.05) is 6.61 Å². The highest BCUT2D eigenvalue weighted by atomic mass is 19.2. The molecule has 2 fully saturated rings. The third-order valence-corrected chi connectivity index (χ3v) is 4.79. The van der Waals surface area contributed by atoms with Crippen LogP contribution in [0.5, 0.6) is 0 Å². The molecule has 3 heteroatoms. The van der Waals surface area contributed by atoms with Crippen molar-refractivity contribution in [1.82, 2.24) is 0 Å². The molecule has 2 aliphatic rings. The normalized spacial score (nSPS) is 46.0. The van der Waals surface area contributed by atoms with E-state index in [1.807, 2.05) is 0 Å². The largest absolute Gasteiger partial charge is 0.375 e. The second kappa shape index (κ2) is 6.31. The maximum Gasteiger partial charge on any atom is 0.157 e. The molecule has 1 nitrogen and oxygen atoms in total. The van der Waals surface area contributed by atoms with Crippen LogP contribution >= 0.6 is 0 Å². The van der Waals surface area contributed by atoms with Crippen LogP contribution in [0.25, 0.3) is 0 Å². The predicted octanol–water partition coefficient (Wildman–Crippen LogP) is 4.30. The lowest BCUT2D eigenvalue weighted by molar-refractivity contribution is -0.0832. The number of ether oxygens (including phenoxy) is 1. The molecule has 0 bridgehead atoms. The molecule has 2 aliphatic carbocycles. The Morgan fingerprint density at radius 2 is 1.56 bits per heavy atom. The van der Waals surface area contributed by atoms with Gasteiger partial charge in [-0.2, -0.15) is 0 Å². The lowest BCUT2D eigenvalue weighted by Crippen LogP contribution is -2.42. The number of hydrogen-bond donors (Lipinski definition) is 0. The highest BCUT2D eigenvalue weighted by Crippen LogP contribution is 2.33. The average molecular weight is 260 g/mol. The molecule has 0 amide bonds. The molecule has 0 saturated heterocycles. The van der Waals surface area contributed by atoms with Crippen molar-refractivity contribution in [1.29, 1.82) is 0 Å². The molecule has 0 aromatic heterocycles. The van der Waals surface area contributed by atoms with E-state index in [1.54, 1.807) is 6.92 Å². The van der Waals surface area contributed by atoms with Crippen LogP contribution in [0.1, 0.15) is 52.4 Å². The molecular formula is C15H26F2O. The summed E-state index contributed by atoms with van der Waals surface area (Å²) in [5.74, 6) is 1.22. The molecule has 0 spiro atoms. The Morgan fingerprint density at radius 1 is 0.889 bits per heavy atom. The molecule has 2 rings (SSSR count). The summed E-state index contributed by atoms with van der Waals surface area (Å²) in [5.41, 5.74) is 0. The Bertz CT molecular complexity index is 251. The van der Waals surface area contributed by atoms with Gasteiger partial charge in [0.05, 0.1) is 6.10 Å². The molecule has 106 valence electrons. The van der Waals surface area contributed by atoms with Crippen molar-refractivity contribution in [3.63, 3.8) is 0 Å². The molecule has 4 unspecified atom stereocenters. The van der Waals surface area contributed by atoms with Gasteiger partial charge in [0.2, 0.25) is 0 Å². The molecule has 0 N–H and O–H groups in total. The lowest BCUT2D eigenvalue weighted by Gasteiger charge is -2.34. The number of halogens is 2. The van der Waals surface area contributed by atoms with E-state index in [2.05, 4.69) is 6.92 Å². The fourth-order valence-electron chi connectivity index (χ4n) is 3.20. The van der Waals surface area contributed by atoms with E-state index in [0.29, 0.717) is 18.9 Å². The summed E-state index contributed by atoms with van der Waals surface area (Å²) in [6.07, 6.45) is 3.02. The van der Waals surface area contributed by atoms with Gasteiger partial charge in [0, 0.05) is 6.61 Å². The Kier molecular flexibility index (Phi) is 4.99. The SMILES string of the molecule is CC1CCC(COC2CCC(C)C(F)C2F)CC1. The van der Waals surface area contributed by atoms with E-state index in [1.165, 1.54) is 25.7 Å². The summed E-state index contributed by atoms with van der Waals surface area (Å²) in [6, 6.07) is 0. The first kappa shape index (κ1) is 14.2. The van der Waals surface area contributed by atoms with Crippen LogP contribution in [-0.2, 0) is 4.74 Å². The van der Waals surface area contributed by atoms with Crippen molar-refractivity contribution >= 4 is 0 Å². The van der Waals surface area contributed by atoms with Gasteiger partial charge < -0.3 is 4.74 Å². The van der Waals surface area contributed by atoms with Gasteiger partial charge in [-0.15, -0.1) is 0 Å². The third kappa shape index (κ3) is 3.43. The zero-order valence-corrected chi connectivity index (χ0v) is 11.6. The van der Waals surface area contributed by atoms with Gasteiger partial charge in [0.1, 0.15) is 6.17 Å². The second-order valence-electron chi connectivity index (χ2n) is 6.44. The standard InChI is InChI=1S/C15H26F2O/c1-10-3-6-12(7-4-10)9-18-13-8-5-11(2)14(16)15(13)17/h10-15H,3-9H2,1-2H3. The highest BCUT2D eigenvalue weighted by molar-refractivity contribution is 4.87. The first-order valence-electron chi connectivity index (χ1n) is 7.47. The van der Waals surface area contributed by atoms with E-state index in [-0.39, 0.29) is 5.92 Å². The zero-order valence-electron chi connectivity index (χ0n) is 11.6. The molecule has 18 heavy (non-hydrogen) atoms. The van der Waals surface area contributed by atoms with Crippen LogP contribution in [0.2, 0.25) is 0 Å². The van der Waals surface area contributed by atoms with E-state index < -0.39 is 18.4 Å². The Morgan fingerprint density at radius 3 is 2.22 bits per heavy atom. The number of hydrogen-bond acceptors (Lipinski definition) is 1. The summed E-state index contributed by atoms with van der Waals surface area (Å²) in [5, 5.41) is 0. The predicted molar refractivity (Wildman–Crippen MR) is 69.1 cm³/mol. The quantitative estimate of drug-likeness (QED) is 0.735. The van der Waals surface area contributed by atoms with Gasteiger partial charge in [0.25, 0.3) is 0 Å².